The van der Waals surface area contributed by atoms with Crippen LogP contribution in [0.25, 0.3) is 0 Å². The van der Waals surface area contributed by atoms with Crippen LogP contribution in [0.4, 0.5) is 0 Å². The minimum Gasteiger partial charge on any atom is -0.461 e. The number of aliphatic hydroxyl groups excluding tert-OH is 1. The third-order valence-electron chi connectivity index (χ3n) is 14.2. The van der Waals surface area contributed by atoms with Crippen molar-refractivity contribution in [2.24, 2.45) is 56.7 Å². The summed E-state index contributed by atoms with van der Waals surface area (Å²) in [6, 6.07) is 0. The van der Waals surface area contributed by atoms with Crippen molar-refractivity contribution in [3.8, 4) is 0 Å². The predicted octanol–water partition coefficient (Wildman–Crippen LogP) is 6.68. The highest BCUT2D eigenvalue weighted by Crippen LogP contribution is 2.75. The molecule has 0 aromatic heterocycles. The fraction of sp³-hybridized carbons (Fsp3) is 0.882. The standard InChI is InChI=1S/C34H55NO4/c1-21-11-14-30(4)17-18-32(6)24(28(30)22(21)2)9-10-25-31(5)15-13-27(39-23(3)37)34(8,29(38)35-19-20-36)26(31)12-16-33(25,32)7/h9,21-22,25-28,36H,10-20H2,1-8H3,(H,35,38)/t21-,22+,25?,26?,27-,28?,30-,31-,32-,33-,34-/m1/s1. The molecule has 2 N–H and O–H groups in total. The lowest BCUT2D eigenvalue weighted by molar-refractivity contribution is -0.216. The second-order valence-electron chi connectivity index (χ2n) is 15.7. The molecule has 5 aliphatic carbocycles. The zero-order valence-electron chi connectivity index (χ0n) is 26.0. The van der Waals surface area contributed by atoms with Gasteiger partial charge in [0.05, 0.1) is 12.0 Å². The molecule has 0 aromatic rings. The lowest BCUT2D eigenvalue weighted by Crippen LogP contribution is -2.67. The minimum atomic E-state index is -0.807. The number of hydrogen-bond donors (Lipinski definition) is 2. The van der Waals surface area contributed by atoms with E-state index in [2.05, 4.69) is 52.9 Å². The summed E-state index contributed by atoms with van der Waals surface area (Å²) in [4.78, 5) is 26.0. The molecule has 0 bridgehead atoms. The van der Waals surface area contributed by atoms with Crippen LogP contribution in [0.2, 0.25) is 0 Å². The number of allylic oxidation sites excluding steroid dienone is 2. The maximum atomic E-state index is 13.8. The number of aliphatic hydroxyl groups is 1. The van der Waals surface area contributed by atoms with E-state index < -0.39 is 11.5 Å². The molecular weight excluding hydrogens is 486 g/mol. The van der Waals surface area contributed by atoms with Gasteiger partial charge in [-0.25, -0.2) is 0 Å². The van der Waals surface area contributed by atoms with Crippen molar-refractivity contribution < 1.29 is 19.4 Å². The van der Waals surface area contributed by atoms with Crippen LogP contribution in [-0.4, -0.2) is 36.2 Å². The Kier molecular flexibility index (Phi) is 7.17. The van der Waals surface area contributed by atoms with Crippen LogP contribution in [-0.2, 0) is 14.3 Å². The lowest BCUT2D eigenvalue weighted by Gasteiger charge is -2.71. The molecule has 220 valence electrons. The van der Waals surface area contributed by atoms with Gasteiger partial charge in [-0.2, -0.15) is 0 Å². The second kappa shape index (κ2) is 9.60. The molecule has 5 rings (SSSR count). The molecule has 11 atom stereocenters. The number of ether oxygens (including phenoxy) is 1. The zero-order valence-corrected chi connectivity index (χ0v) is 26.0. The Bertz CT molecular complexity index is 1040. The smallest absolute Gasteiger partial charge is 0.302 e. The Morgan fingerprint density at radius 1 is 0.974 bits per heavy atom. The van der Waals surface area contributed by atoms with Crippen molar-refractivity contribution in [1.82, 2.24) is 5.32 Å². The third kappa shape index (κ3) is 3.94. The SMILES string of the molecule is CC(=O)O[C@@H]1CC[C@@]2(C)C(CC[C@]3(C)C2CC=C2C4[C@@H](C)[C@H](C)CC[C@]4(C)CC[C@]23C)[C@@]1(C)C(=O)NCCO. The molecule has 0 spiro atoms. The number of amides is 1. The van der Waals surface area contributed by atoms with Gasteiger partial charge in [-0.1, -0.05) is 53.2 Å². The summed E-state index contributed by atoms with van der Waals surface area (Å²) in [6.07, 6.45) is 12.4. The van der Waals surface area contributed by atoms with Crippen molar-refractivity contribution in [2.45, 2.75) is 119 Å². The summed E-state index contributed by atoms with van der Waals surface area (Å²) in [5, 5.41) is 12.4. The molecule has 5 heteroatoms. The first-order valence-electron chi connectivity index (χ1n) is 16.0. The van der Waals surface area contributed by atoms with Gasteiger partial charge in [-0.15, -0.1) is 0 Å². The quantitative estimate of drug-likeness (QED) is 0.307. The van der Waals surface area contributed by atoms with E-state index in [0.29, 0.717) is 23.7 Å². The van der Waals surface area contributed by atoms with E-state index in [4.69, 9.17) is 4.74 Å². The van der Waals surface area contributed by atoms with Crippen molar-refractivity contribution in [2.75, 3.05) is 13.2 Å². The molecule has 5 nitrogen and oxygen atoms in total. The first-order chi connectivity index (χ1) is 18.2. The van der Waals surface area contributed by atoms with Gasteiger partial charge in [0.2, 0.25) is 5.91 Å². The molecule has 0 aromatic carbocycles. The van der Waals surface area contributed by atoms with E-state index in [0.717, 1.165) is 37.5 Å². The Hall–Kier alpha value is -1.36. The van der Waals surface area contributed by atoms with E-state index >= 15 is 0 Å². The van der Waals surface area contributed by atoms with Crippen molar-refractivity contribution >= 4 is 11.9 Å². The fourth-order valence-corrected chi connectivity index (χ4v) is 11.6. The second-order valence-corrected chi connectivity index (χ2v) is 15.7. The van der Waals surface area contributed by atoms with Gasteiger partial charge in [-0.05, 0) is 116 Å². The van der Waals surface area contributed by atoms with Gasteiger partial charge in [0.1, 0.15) is 6.10 Å². The molecule has 4 fully saturated rings. The highest BCUT2D eigenvalue weighted by atomic mass is 16.5. The molecule has 39 heavy (non-hydrogen) atoms. The summed E-state index contributed by atoms with van der Waals surface area (Å²) in [6.45, 7) is 18.9. The van der Waals surface area contributed by atoms with Gasteiger partial charge in [-0.3, -0.25) is 9.59 Å². The highest BCUT2D eigenvalue weighted by Gasteiger charge is 2.70. The van der Waals surface area contributed by atoms with Crippen molar-refractivity contribution in [1.29, 1.82) is 0 Å². The van der Waals surface area contributed by atoms with Gasteiger partial charge in [0, 0.05) is 13.5 Å². The molecule has 0 aliphatic heterocycles. The van der Waals surface area contributed by atoms with Crippen LogP contribution in [0.5, 0.6) is 0 Å². The predicted molar refractivity (Wildman–Crippen MR) is 155 cm³/mol. The Morgan fingerprint density at radius 3 is 2.36 bits per heavy atom. The van der Waals surface area contributed by atoms with E-state index in [1.54, 1.807) is 5.57 Å². The number of carbonyl (C=O) groups excluding carboxylic acids is 2. The molecule has 0 radical (unpaired) electrons. The summed E-state index contributed by atoms with van der Waals surface area (Å²) < 4.78 is 5.89. The number of hydrogen-bond acceptors (Lipinski definition) is 4. The summed E-state index contributed by atoms with van der Waals surface area (Å²) in [5.74, 6) is 2.40. The molecule has 0 heterocycles. The third-order valence-corrected chi connectivity index (χ3v) is 14.2. The van der Waals surface area contributed by atoms with E-state index in [-0.39, 0.29) is 47.2 Å². The van der Waals surface area contributed by atoms with Crippen LogP contribution in [0.1, 0.15) is 113 Å². The zero-order chi connectivity index (χ0) is 28.6. The molecule has 0 saturated heterocycles. The maximum absolute atomic E-state index is 13.8. The van der Waals surface area contributed by atoms with E-state index in [1.807, 2.05) is 6.92 Å². The molecule has 3 unspecified atom stereocenters. The fourth-order valence-electron chi connectivity index (χ4n) is 11.6. The van der Waals surface area contributed by atoms with Crippen LogP contribution in [0.15, 0.2) is 11.6 Å². The minimum absolute atomic E-state index is 0.0216. The van der Waals surface area contributed by atoms with Crippen LogP contribution in [0.3, 0.4) is 0 Å². The molecular formula is C34H55NO4. The number of nitrogens with one attached hydrogen (secondary N) is 1. The Morgan fingerprint density at radius 2 is 1.69 bits per heavy atom. The van der Waals surface area contributed by atoms with Gasteiger partial charge < -0.3 is 15.2 Å². The molecule has 1 amide bonds. The first-order valence-corrected chi connectivity index (χ1v) is 16.0. The van der Waals surface area contributed by atoms with Crippen LogP contribution >= 0.6 is 0 Å². The molecule has 5 aliphatic rings. The Labute approximate surface area is 237 Å². The van der Waals surface area contributed by atoms with Gasteiger partial charge in [0.25, 0.3) is 0 Å². The van der Waals surface area contributed by atoms with Crippen molar-refractivity contribution in [3.63, 3.8) is 0 Å². The number of esters is 1. The monoisotopic (exact) mass is 541 g/mol. The largest absolute Gasteiger partial charge is 0.461 e. The van der Waals surface area contributed by atoms with Crippen LogP contribution in [0, 0.1) is 56.7 Å². The Balaban J connectivity index is 1.56. The number of carbonyl (C=O) groups is 2. The van der Waals surface area contributed by atoms with E-state index in [1.165, 1.54) is 32.6 Å². The van der Waals surface area contributed by atoms with Gasteiger partial charge in [0.15, 0.2) is 0 Å². The summed E-state index contributed by atoms with van der Waals surface area (Å²) in [5.41, 5.74) is 1.73. The molecule has 4 saturated carbocycles. The van der Waals surface area contributed by atoms with Gasteiger partial charge >= 0.3 is 5.97 Å². The first kappa shape index (κ1) is 29.1. The normalized spacial score (nSPS) is 50.8. The van der Waals surface area contributed by atoms with Crippen molar-refractivity contribution in [3.05, 3.63) is 11.6 Å². The van der Waals surface area contributed by atoms with Crippen LogP contribution < -0.4 is 5.32 Å². The summed E-state index contributed by atoms with van der Waals surface area (Å²) >= 11 is 0. The average Bonchev–Trinajstić information content (AvgIpc) is 2.87. The highest BCUT2D eigenvalue weighted by molar-refractivity contribution is 5.84. The lowest BCUT2D eigenvalue weighted by atomic mass is 9.33. The maximum Gasteiger partial charge on any atom is 0.302 e. The summed E-state index contributed by atoms with van der Waals surface area (Å²) in [7, 11) is 0. The average molecular weight is 542 g/mol. The topological polar surface area (TPSA) is 75.6 Å². The van der Waals surface area contributed by atoms with E-state index in [9.17, 15) is 14.7 Å². The number of fused-ring (bicyclic) bond motifs is 7. The number of rotatable bonds is 4.